The molecular formula is C19H19N3O5. The summed E-state index contributed by atoms with van der Waals surface area (Å²) in [5.74, 6) is -1.38. The van der Waals surface area contributed by atoms with Gasteiger partial charge in [-0.1, -0.05) is 23.8 Å². The van der Waals surface area contributed by atoms with E-state index in [9.17, 15) is 19.7 Å². The summed E-state index contributed by atoms with van der Waals surface area (Å²) >= 11 is 0. The monoisotopic (exact) mass is 369 g/mol. The summed E-state index contributed by atoms with van der Waals surface area (Å²) in [6.45, 7) is 5.18. The van der Waals surface area contributed by atoms with Crippen molar-refractivity contribution in [2.75, 3.05) is 5.32 Å². The van der Waals surface area contributed by atoms with Crippen LogP contribution in [-0.2, 0) is 9.63 Å². The Labute approximate surface area is 155 Å². The van der Waals surface area contributed by atoms with Crippen molar-refractivity contribution in [1.82, 2.24) is 5.48 Å². The minimum atomic E-state index is -0.824. The lowest BCUT2D eigenvalue weighted by molar-refractivity contribution is -0.384. The number of nitrogens with one attached hydrogen (secondary N) is 2. The van der Waals surface area contributed by atoms with Crippen molar-refractivity contribution in [2.45, 2.75) is 20.8 Å². The van der Waals surface area contributed by atoms with Crippen molar-refractivity contribution in [1.29, 1.82) is 0 Å². The first-order valence-corrected chi connectivity index (χ1v) is 8.04. The van der Waals surface area contributed by atoms with E-state index in [0.29, 0.717) is 11.3 Å². The SMILES string of the molecule is CC(=CC(=O)ONC(=O)c1ccc(C)cc1)Nc1ccc(C)cc1[N+](=O)[O-]. The van der Waals surface area contributed by atoms with Gasteiger partial charge in [-0.15, -0.1) is 0 Å². The van der Waals surface area contributed by atoms with Gasteiger partial charge in [0, 0.05) is 23.4 Å². The number of rotatable bonds is 5. The van der Waals surface area contributed by atoms with Crippen LogP contribution in [0.4, 0.5) is 11.4 Å². The molecule has 0 saturated carbocycles. The molecule has 8 nitrogen and oxygen atoms in total. The Balaban J connectivity index is 1.97. The summed E-state index contributed by atoms with van der Waals surface area (Å²) in [4.78, 5) is 39.0. The topological polar surface area (TPSA) is 111 Å². The molecule has 0 atom stereocenters. The van der Waals surface area contributed by atoms with E-state index in [1.165, 1.54) is 6.07 Å². The van der Waals surface area contributed by atoms with Crippen molar-refractivity contribution in [2.24, 2.45) is 0 Å². The van der Waals surface area contributed by atoms with E-state index in [0.717, 1.165) is 17.2 Å². The van der Waals surface area contributed by atoms with E-state index in [4.69, 9.17) is 4.84 Å². The lowest BCUT2D eigenvalue weighted by Gasteiger charge is -2.08. The summed E-state index contributed by atoms with van der Waals surface area (Å²) in [5, 5.41) is 13.9. The molecule has 0 bridgehead atoms. The van der Waals surface area contributed by atoms with Gasteiger partial charge in [0.2, 0.25) is 0 Å². The van der Waals surface area contributed by atoms with E-state index in [1.807, 2.05) is 6.92 Å². The maximum atomic E-state index is 11.9. The Morgan fingerprint density at radius 2 is 1.70 bits per heavy atom. The van der Waals surface area contributed by atoms with Crippen molar-refractivity contribution in [3.63, 3.8) is 0 Å². The van der Waals surface area contributed by atoms with Gasteiger partial charge in [-0.3, -0.25) is 14.9 Å². The van der Waals surface area contributed by atoms with Crippen LogP contribution in [0.25, 0.3) is 0 Å². The zero-order valence-corrected chi connectivity index (χ0v) is 15.1. The molecule has 8 heteroatoms. The average molecular weight is 369 g/mol. The van der Waals surface area contributed by atoms with Gasteiger partial charge in [0.05, 0.1) is 4.92 Å². The molecule has 0 aliphatic heterocycles. The number of carbonyl (C=O) groups excluding carboxylic acids is 2. The van der Waals surface area contributed by atoms with Crippen molar-refractivity contribution < 1.29 is 19.3 Å². The number of carbonyl (C=O) groups is 2. The molecule has 0 heterocycles. The lowest BCUT2D eigenvalue weighted by atomic mass is 10.1. The van der Waals surface area contributed by atoms with Gasteiger partial charge in [0.25, 0.3) is 11.6 Å². The molecule has 140 valence electrons. The van der Waals surface area contributed by atoms with Crippen LogP contribution in [0.15, 0.2) is 54.2 Å². The van der Waals surface area contributed by atoms with Gasteiger partial charge in [-0.05, 0) is 44.5 Å². The molecule has 0 unspecified atom stereocenters. The molecule has 0 fully saturated rings. The van der Waals surface area contributed by atoms with Gasteiger partial charge in [0.1, 0.15) is 5.69 Å². The fraction of sp³-hybridized carbons (Fsp3) is 0.158. The molecular weight excluding hydrogens is 350 g/mol. The zero-order chi connectivity index (χ0) is 20.0. The minimum absolute atomic E-state index is 0.108. The highest BCUT2D eigenvalue weighted by molar-refractivity contribution is 5.95. The van der Waals surface area contributed by atoms with Gasteiger partial charge in [0.15, 0.2) is 0 Å². The molecule has 2 aromatic rings. The largest absolute Gasteiger partial charge is 0.357 e. The van der Waals surface area contributed by atoms with Crippen molar-refractivity contribution >= 4 is 23.3 Å². The molecule has 0 aromatic heterocycles. The van der Waals surface area contributed by atoms with Crippen LogP contribution in [0.2, 0.25) is 0 Å². The number of nitro benzene ring substituents is 1. The third-order valence-corrected chi connectivity index (χ3v) is 3.57. The highest BCUT2D eigenvalue weighted by atomic mass is 16.7. The molecule has 2 rings (SSSR count). The number of anilines is 1. The van der Waals surface area contributed by atoms with Gasteiger partial charge in [-0.2, -0.15) is 5.48 Å². The van der Waals surface area contributed by atoms with Crippen LogP contribution in [0, 0.1) is 24.0 Å². The molecule has 0 aliphatic carbocycles. The predicted molar refractivity (Wildman–Crippen MR) is 100.0 cm³/mol. The molecule has 2 aromatic carbocycles. The third kappa shape index (κ3) is 5.67. The summed E-state index contributed by atoms with van der Waals surface area (Å²) in [5.41, 5.74) is 4.60. The second-order valence-corrected chi connectivity index (χ2v) is 5.95. The minimum Gasteiger partial charge on any atom is -0.353 e. The number of benzene rings is 2. The molecule has 1 amide bonds. The van der Waals surface area contributed by atoms with E-state index in [1.54, 1.807) is 50.2 Å². The van der Waals surface area contributed by atoms with Crippen LogP contribution in [-0.4, -0.2) is 16.8 Å². The standard InChI is InChI=1S/C19H19N3O5/c1-12-4-7-15(8-5-12)19(24)21-27-18(23)11-14(3)20-16-9-6-13(2)10-17(16)22(25)26/h4-11,20H,1-3H3,(H,21,24). The van der Waals surface area contributed by atoms with Crippen LogP contribution in [0.5, 0.6) is 0 Å². The highest BCUT2D eigenvalue weighted by Gasteiger charge is 2.14. The smallest absolute Gasteiger partial charge is 0.353 e. The highest BCUT2D eigenvalue weighted by Crippen LogP contribution is 2.26. The summed E-state index contributed by atoms with van der Waals surface area (Å²) < 4.78 is 0. The van der Waals surface area contributed by atoms with Crippen LogP contribution < -0.4 is 10.8 Å². The number of amides is 1. The Morgan fingerprint density at radius 3 is 2.33 bits per heavy atom. The maximum Gasteiger partial charge on any atom is 0.357 e. The Morgan fingerprint density at radius 1 is 1.07 bits per heavy atom. The summed E-state index contributed by atoms with van der Waals surface area (Å²) in [7, 11) is 0. The predicted octanol–water partition coefficient (Wildman–Crippen LogP) is 3.42. The number of nitrogens with zero attached hydrogens (tertiary/aromatic N) is 1. The van der Waals surface area contributed by atoms with Gasteiger partial charge < -0.3 is 10.2 Å². The number of allylic oxidation sites excluding steroid dienone is 1. The molecule has 2 N–H and O–H groups in total. The zero-order valence-electron chi connectivity index (χ0n) is 15.1. The van der Waals surface area contributed by atoms with E-state index >= 15 is 0 Å². The average Bonchev–Trinajstić information content (AvgIpc) is 2.61. The van der Waals surface area contributed by atoms with Gasteiger partial charge >= 0.3 is 5.97 Å². The Hall–Kier alpha value is -3.68. The van der Waals surface area contributed by atoms with Crippen LogP contribution >= 0.6 is 0 Å². The number of hydrogen-bond donors (Lipinski definition) is 2. The second-order valence-electron chi connectivity index (χ2n) is 5.95. The third-order valence-electron chi connectivity index (χ3n) is 3.57. The Kier molecular flexibility index (Phi) is 6.27. The van der Waals surface area contributed by atoms with Crippen molar-refractivity contribution in [3.8, 4) is 0 Å². The number of hydroxylamine groups is 1. The van der Waals surface area contributed by atoms with Crippen molar-refractivity contribution in [3.05, 3.63) is 81.0 Å². The fourth-order valence-electron chi connectivity index (χ4n) is 2.21. The van der Waals surface area contributed by atoms with E-state index in [-0.39, 0.29) is 11.4 Å². The van der Waals surface area contributed by atoms with Crippen LogP contribution in [0.1, 0.15) is 28.4 Å². The Bertz CT molecular complexity index is 904. The fourth-order valence-corrected chi connectivity index (χ4v) is 2.21. The summed E-state index contributed by atoms with van der Waals surface area (Å²) in [6, 6.07) is 11.4. The summed E-state index contributed by atoms with van der Waals surface area (Å²) in [6.07, 6.45) is 1.08. The van der Waals surface area contributed by atoms with E-state index in [2.05, 4.69) is 10.8 Å². The molecule has 0 saturated heterocycles. The van der Waals surface area contributed by atoms with Gasteiger partial charge in [-0.25, -0.2) is 4.79 Å². The first-order valence-electron chi connectivity index (χ1n) is 8.04. The molecule has 0 radical (unpaired) electrons. The number of nitro groups is 1. The first kappa shape index (κ1) is 19.6. The first-order chi connectivity index (χ1) is 12.8. The van der Waals surface area contributed by atoms with Crippen LogP contribution in [0.3, 0.4) is 0 Å². The lowest BCUT2D eigenvalue weighted by Crippen LogP contribution is -2.26. The second kappa shape index (κ2) is 8.61. The quantitative estimate of drug-likeness (QED) is 0.475. The molecule has 27 heavy (non-hydrogen) atoms. The number of hydrogen-bond acceptors (Lipinski definition) is 6. The maximum absolute atomic E-state index is 11.9. The number of aryl methyl sites for hydroxylation is 2. The molecule has 0 spiro atoms. The van der Waals surface area contributed by atoms with E-state index < -0.39 is 16.8 Å². The molecule has 0 aliphatic rings. The normalized spacial score (nSPS) is 10.9.